The summed E-state index contributed by atoms with van der Waals surface area (Å²) in [6.45, 7) is 1.94. The van der Waals surface area contributed by atoms with E-state index in [2.05, 4.69) is 4.90 Å². The third-order valence-electron chi connectivity index (χ3n) is 9.32. The molecule has 2 aliphatic rings. The quantitative estimate of drug-likeness (QED) is 0.143. The van der Waals surface area contributed by atoms with Crippen LogP contribution in [0, 0.1) is 5.82 Å². The second-order valence-electron chi connectivity index (χ2n) is 12.8. The van der Waals surface area contributed by atoms with Crippen LogP contribution in [0.5, 0.6) is 5.75 Å². The smallest absolute Gasteiger partial charge is 0.453 e. The Bertz CT molecular complexity index is 1420. The number of unbranched alkanes of at least 4 members (excludes halogenated alkanes) is 3. The van der Waals surface area contributed by atoms with Gasteiger partial charge in [0.2, 0.25) is 0 Å². The molecule has 1 unspecified atom stereocenters. The number of phenols is 1. The zero-order chi connectivity index (χ0) is 33.4. The van der Waals surface area contributed by atoms with Gasteiger partial charge < -0.3 is 10.0 Å². The Labute approximate surface area is 268 Å². The second-order valence-corrected chi connectivity index (χ2v) is 15.1. The summed E-state index contributed by atoms with van der Waals surface area (Å²) >= 11 is 0. The Morgan fingerprint density at radius 1 is 0.848 bits per heavy atom. The average Bonchev–Trinajstić information content (AvgIpc) is 3.35. The van der Waals surface area contributed by atoms with Crippen molar-refractivity contribution in [3.8, 4) is 5.75 Å². The lowest BCUT2D eigenvalue weighted by atomic mass is 9.89. The van der Waals surface area contributed by atoms with Crippen LogP contribution in [0.2, 0.25) is 0 Å². The highest BCUT2D eigenvalue weighted by atomic mass is 32.2. The molecule has 1 N–H and O–H groups in total. The lowest BCUT2D eigenvalue weighted by Crippen LogP contribution is -2.36. The Morgan fingerprint density at radius 2 is 1.59 bits per heavy atom. The van der Waals surface area contributed by atoms with Gasteiger partial charge in [-0.15, -0.1) is 0 Å². The van der Waals surface area contributed by atoms with Crippen molar-refractivity contribution < 1.29 is 39.9 Å². The van der Waals surface area contributed by atoms with Gasteiger partial charge in [0, 0.05) is 12.5 Å². The molecule has 2 aromatic rings. The lowest BCUT2D eigenvalue weighted by Gasteiger charge is -2.24. The molecule has 0 amide bonds. The van der Waals surface area contributed by atoms with Crippen LogP contribution < -0.4 is 0 Å². The number of hydrogen-bond donors (Lipinski definition) is 1. The van der Waals surface area contributed by atoms with E-state index in [0.717, 1.165) is 94.0 Å². The topological polar surface area (TPSA) is 57.6 Å². The number of allylic oxidation sites excluding steroid dienone is 2. The first-order valence-corrected chi connectivity index (χ1v) is 18.3. The largest absolute Gasteiger partial charge is 0.508 e. The van der Waals surface area contributed by atoms with Crippen molar-refractivity contribution in [3.05, 3.63) is 65.0 Å². The van der Waals surface area contributed by atoms with Gasteiger partial charge in [-0.1, -0.05) is 31.0 Å². The molecule has 1 saturated heterocycles. The molecule has 46 heavy (non-hydrogen) atoms. The van der Waals surface area contributed by atoms with Crippen LogP contribution in [0.3, 0.4) is 0 Å². The van der Waals surface area contributed by atoms with Gasteiger partial charge in [-0.3, -0.25) is 0 Å². The summed E-state index contributed by atoms with van der Waals surface area (Å²) in [6.07, 6.45) is 2.73. The number of nitrogens with zero attached hydrogens (tertiary/aromatic N) is 1. The van der Waals surface area contributed by atoms with Gasteiger partial charge >= 0.3 is 12.1 Å². The first-order chi connectivity index (χ1) is 21.8. The van der Waals surface area contributed by atoms with E-state index in [-0.39, 0.29) is 17.3 Å². The number of halogens is 6. The minimum atomic E-state index is -5.66. The summed E-state index contributed by atoms with van der Waals surface area (Å²) in [7, 11) is -3.68. The molecule has 1 atom stereocenters. The standard InChI is InChI=1S/C35H45F6NO3S/c36-28-16-14-26(15-17-28)31-13-6-9-27-25-30(43)18-19-32(27)33(31)12-2-1-4-21-42-22-7-11-29(42)10-3-5-23-46(44,45)24-8-20-34(37,38)35(39,40)41/h14-19,25,29,43H,1-13,20-24H2. The van der Waals surface area contributed by atoms with Crippen LogP contribution in [-0.4, -0.2) is 61.2 Å². The van der Waals surface area contributed by atoms with E-state index < -0.39 is 40.5 Å². The van der Waals surface area contributed by atoms with E-state index in [1.165, 1.54) is 23.3 Å². The maximum atomic E-state index is 13.7. The number of fused-ring (bicyclic) bond motifs is 1. The zero-order valence-corrected chi connectivity index (χ0v) is 27.1. The van der Waals surface area contributed by atoms with Crippen LogP contribution in [0.25, 0.3) is 11.1 Å². The first-order valence-electron chi connectivity index (χ1n) is 16.4. The summed E-state index contributed by atoms with van der Waals surface area (Å²) in [5.74, 6) is -5.73. The summed E-state index contributed by atoms with van der Waals surface area (Å²) < 4.78 is 101. The van der Waals surface area contributed by atoms with Gasteiger partial charge in [0.25, 0.3) is 0 Å². The molecule has 11 heteroatoms. The van der Waals surface area contributed by atoms with Gasteiger partial charge in [-0.2, -0.15) is 22.0 Å². The summed E-state index contributed by atoms with van der Waals surface area (Å²) in [4.78, 5) is 2.46. The number of hydrogen-bond acceptors (Lipinski definition) is 4. The number of sulfone groups is 1. The van der Waals surface area contributed by atoms with Crippen LogP contribution >= 0.6 is 0 Å². The van der Waals surface area contributed by atoms with Crippen molar-refractivity contribution in [3.63, 3.8) is 0 Å². The molecular weight excluding hydrogens is 628 g/mol. The number of rotatable bonds is 16. The molecule has 4 rings (SSSR count). The highest BCUT2D eigenvalue weighted by Crippen LogP contribution is 2.40. The van der Waals surface area contributed by atoms with Crippen molar-refractivity contribution in [2.75, 3.05) is 24.6 Å². The van der Waals surface area contributed by atoms with E-state index in [1.807, 2.05) is 24.3 Å². The maximum absolute atomic E-state index is 13.7. The fraction of sp³-hybridized carbons (Fsp3) is 0.600. The second kappa shape index (κ2) is 16.0. The Kier molecular flexibility index (Phi) is 12.7. The third-order valence-corrected chi connectivity index (χ3v) is 11.1. The predicted molar refractivity (Wildman–Crippen MR) is 170 cm³/mol. The van der Waals surface area contributed by atoms with Gasteiger partial charge in [-0.25, -0.2) is 12.8 Å². The van der Waals surface area contributed by atoms with E-state index in [1.54, 1.807) is 6.07 Å². The van der Waals surface area contributed by atoms with E-state index in [4.69, 9.17) is 0 Å². The van der Waals surface area contributed by atoms with Crippen molar-refractivity contribution in [2.24, 2.45) is 0 Å². The highest BCUT2D eigenvalue weighted by molar-refractivity contribution is 7.91. The number of alkyl halides is 5. The molecule has 2 aromatic carbocycles. The molecule has 256 valence electrons. The Balaban J connectivity index is 1.22. The molecule has 1 fully saturated rings. The zero-order valence-electron chi connectivity index (χ0n) is 26.2. The van der Waals surface area contributed by atoms with Crippen LogP contribution in [-0.2, 0) is 16.3 Å². The first kappa shape index (κ1) is 36.3. The number of benzene rings is 2. The molecule has 0 bridgehead atoms. The average molecular weight is 674 g/mol. The number of aromatic hydroxyl groups is 1. The van der Waals surface area contributed by atoms with Crippen LogP contribution in [0.1, 0.15) is 100 Å². The highest BCUT2D eigenvalue weighted by Gasteiger charge is 2.56. The Morgan fingerprint density at radius 3 is 2.33 bits per heavy atom. The third kappa shape index (κ3) is 10.2. The number of aryl methyl sites for hydroxylation is 1. The molecule has 0 spiro atoms. The van der Waals surface area contributed by atoms with E-state index >= 15 is 0 Å². The van der Waals surface area contributed by atoms with E-state index in [0.29, 0.717) is 18.9 Å². The van der Waals surface area contributed by atoms with Gasteiger partial charge in [0.1, 0.15) is 21.4 Å². The van der Waals surface area contributed by atoms with Gasteiger partial charge in [0.15, 0.2) is 0 Å². The number of phenolic OH excluding ortho intramolecular Hbond substituents is 1. The molecule has 0 radical (unpaired) electrons. The molecule has 1 aliphatic carbocycles. The fourth-order valence-electron chi connectivity index (χ4n) is 6.88. The van der Waals surface area contributed by atoms with Crippen molar-refractivity contribution in [2.45, 2.75) is 108 Å². The molecule has 1 aliphatic heterocycles. The molecule has 1 heterocycles. The van der Waals surface area contributed by atoms with Crippen molar-refractivity contribution in [1.29, 1.82) is 0 Å². The molecule has 0 saturated carbocycles. The predicted octanol–water partition coefficient (Wildman–Crippen LogP) is 9.37. The van der Waals surface area contributed by atoms with Crippen molar-refractivity contribution in [1.82, 2.24) is 4.90 Å². The fourth-order valence-corrected chi connectivity index (χ4v) is 8.31. The maximum Gasteiger partial charge on any atom is 0.453 e. The summed E-state index contributed by atoms with van der Waals surface area (Å²) in [5.41, 5.74) is 5.85. The van der Waals surface area contributed by atoms with Gasteiger partial charge in [-0.05, 0) is 136 Å². The molecule has 4 nitrogen and oxygen atoms in total. The van der Waals surface area contributed by atoms with E-state index in [9.17, 15) is 39.9 Å². The van der Waals surface area contributed by atoms with Crippen LogP contribution in [0.15, 0.2) is 42.5 Å². The minimum Gasteiger partial charge on any atom is -0.508 e. The monoisotopic (exact) mass is 673 g/mol. The van der Waals surface area contributed by atoms with Gasteiger partial charge in [0.05, 0.1) is 11.5 Å². The summed E-state index contributed by atoms with van der Waals surface area (Å²) in [6, 6.07) is 12.6. The Hall–Kier alpha value is -2.53. The molecular formula is C35H45F6NO3S. The SMILES string of the molecule is O=S(=O)(CCCCC1CCCN1CCCCCC1=C(c2ccc(F)cc2)CCCc2cc(O)ccc21)CCCC(F)(F)C(F)(F)F. The number of likely N-dealkylation sites (tertiary alicyclic amines) is 1. The molecule has 0 aromatic heterocycles. The normalized spacial score (nSPS) is 18.2. The summed E-state index contributed by atoms with van der Waals surface area (Å²) in [5, 5.41) is 10.1. The lowest BCUT2D eigenvalue weighted by molar-refractivity contribution is -0.284. The van der Waals surface area contributed by atoms with Crippen molar-refractivity contribution >= 4 is 21.0 Å². The minimum absolute atomic E-state index is 0.199. The van der Waals surface area contributed by atoms with Crippen LogP contribution in [0.4, 0.5) is 26.3 Å².